The number of benzene rings is 1. The molecular formula is C17H26ClNS. The minimum Gasteiger partial charge on any atom is -0.306 e. The lowest BCUT2D eigenvalue weighted by Gasteiger charge is -2.38. The molecule has 1 N–H and O–H groups in total. The van der Waals surface area contributed by atoms with Gasteiger partial charge < -0.3 is 5.32 Å². The normalized spacial score (nSPS) is 23.8. The predicted octanol–water partition coefficient (Wildman–Crippen LogP) is 5.16. The second kappa shape index (κ2) is 6.72. The number of nitrogens with one attached hydrogen (secondary N) is 1. The average molecular weight is 312 g/mol. The molecule has 0 spiro atoms. The van der Waals surface area contributed by atoms with Gasteiger partial charge in [-0.05, 0) is 41.2 Å². The number of halogens is 1. The minimum absolute atomic E-state index is 0.409. The highest BCUT2D eigenvalue weighted by atomic mass is 35.5. The van der Waals surface area contributed by atoms with Gasteiger partial charge in [0.2, 0.25) is 0 Å². The summed E-state index contributed by atoms with van der Waals surface area (Å²) in [5.41, 5.74) is 1.79. The molecule has 2 unspecified atom stereocenters. The fourth-order valence-electron chi connectivity index (χ4n) is 2.97. The molecule has 2 atom stereocenters. The molecule has 112 valence electrons. The summed E-state index contributed by atoms with van der Waals surface area (Å²) >= 11 is 8.08. The van der Waals surface area contributed by atoms with Gasteiger partial charge in [-0.15, -0.1) is 0 Å². The maximum atomic E-state index is 6.00. The predicted molar refractivity (Wildman–Crippen MR) is 91.7 cm³/mol. The third kappa shape index (κ3) is 4.41. The lowest BCUT2D eigenvalue weighted by Crippen LogP contribution is -2.43. The van der Waals surface area contributed by atoms with Crippen molar-refractivity contribution in [2.45, 2.75) is 46.2 Å². The zero-order valence-corrected chi connectivity index (χ0v) is 14.5. The molecule has 1 nitrogen and oxygen atoms in total. The van der Waals surface area contributed by atoms with Crippen LogP contribution in [0.2, 0.25) is 5.02 Å². The Morgan fingerprint density at radius 3 is 2.45 bits per heavy atom. The van der Waals surface area contributed by atoms with Gasteiger partial charge in [-0.25, -0.2) is 0 Å². The Bertz CT molecular complexity index is 427. The van der Waals surface area contributed by atoms with Crippen LogP contribution in [0.4, 0.5) is 0 Å². The largest absolute Gasteiger partial charge is 0.306 e. The Morgan fingerprint density at radius 1 is 1.25 bits per heavy atom. The second-order valence-corrected chi connectivity index (χ2v) is 8.49. The summed E-state index contributed by atoms with van der Waals surface area (Å²) in [6.45, 7) is 9.32. The molecule has 1 aliphatic rings. The van der Waals surface area contributed by atoms with Crippen LogP contribution in [0.25, 0.3) is 0 Å². The van der Waals surface area contributed by atoms with Crippen molar-refractivity contribution in [1.29, 1.82) is 0 Å². The van der Waals surface area contributed by atoms with Gasteiger partial charge in [0.05, 0.1) is 0 Å². The first-order chi connectivity index (χ1) is 9.37. The van der Waals surface area contributed by atoms with E-state index in [1.165, 1.54) is 23.5 Å². The fraction of sp³-hybridized carbons (Fsp3) is 0.647. The Hall–Kier alpha value is -0.180. The second-order valence-electron chi connectivity index (χ2n) is 7.02. The van der Waals surface area contributed by atoms with Crippen molar-refractivity contribution in [3.63, 3.8) is 0 Å². The summed E-state index contributed by atoms with van der Waals surface area (Å²) in [5.74, 6) is 3.07. The maximum Gasteiger partial charge on any atom is 0.0406 e. The van der Waals surface area contributed by atoms with E-state index < -0.39 is 0 Å². The molecule has 1 aromatic rings. The molecule has 1 heterocycles. The standard InChI is InChI=1S/C17H26ClNS/c1-12(2)16(13-5-7-14(18)8-6-13)19-15-9-17(3,4)11-20-10-15/h5-8,12,15-16,19H,9-11H2,1-4H3. The van der Waals surface area contributed by atoms with Gasteiger partial charge in [0.1, 0.15) is 0 Å². The Morgan fingerprint density at radius 2 is 1.90 bits per heavy atom. The van der Waals surface area contributed by atoms with Crippen molar-refractivity contribution in [2.75, 3.05) is 11.5 Å². The Kier molecular flexibility index (Phi) is 5.44. The van der Waals surface area contributed by atoms with Crippen molar-refractivity contribution in [2.24, 2.45) is 11.3 Å². The molecule has 1 aliphatic heterocycles. The first kappa shape index (κ1) is 16.2. The molecule has 1 saturated heterocycles. The van der Waals surface area contributed by atoms with Gasteiger partial charge in [0.15, 0.2) is 0 Å². The summed E-state index contributed by atoms with van der Waals surface area (Å²) in [6.07, 6.45) is 1.26. The maximum absolute atomic E-state index is 6.00. The molecule has 1 aromatic carbocycles. The number of rotatable bonds is 4. The summed E-state index contributed by atoms with van der Waals surface area (Å²) in [5, 5.41) is 4.69. The Labute approximate surface area is 132 Å². The zero-order valence-electron chi connectivity index (χ0n) is 12.9. The smallest absolute Gasteiger partial charge is 0.0406 e. The van der Waals surface area contributed by atoms with E-state index in [0.717, 1.165) is 5.02 Å². The van der Waals surface area contributed by atoms with Crippen LogP contribution in [0.5, 0.6) is 0 Å². The number of hydrogen-bond donors (Lipinski definition) is 1. The van der Waals surface area contributed by atoms with Gasteiger partial charge >= 0.3 is 0 Å². The van der Waals surface area contributed by atoms with Crippen LogP contribution in [-0.4, -0.2) is 17.5 Å². The van der Waals surface area contributed by atoms with Gasteiger partial charge in [-0.1, -0.05) is 51.4 Å². The molecule has 0 aliphatic carbocycles. The van der Waals surface area contributed by atoms with Crippen LogP contribution in [-0.2, 0) is 0 Å². The van der Waals surface area contributed by atoms with Crippen LogP contribution >= 0.6 is 23.4 Å². The molecular weight excluding hydrogens is 286 g/mol. The molecule has 0 bridgehead atoms. The van der Waals surface area contributed by atoms with E-state index in [4.69, 9.17) is 11.6 Å². The fourth-order valence-corrected chi connectivity index (χ4v) is 4.38. The number of hydrogen-bond acceptors (Lipinski definition) is 2. The van der Waals surface area contributed by atoms with Gasteiger partial charge in [-0.2, -0.15) is 11.8 Å². The van der Waals surface area contributed by atoms with E-state index in [-0.39, 0.29) is 0 Å². The van der Waals surface area contributed by atoms with E-state index in [2.05, 4.69) is 56.9 Å². The van der Waals surface area contributed by atoms with Crippen molar-refractivity contribution in [3.05, 3.63) is 34.9 Å². The topological polar surface area (TPSA) is 12.0 Å². The highest BCUT2D eigenvalue weighted by Gasteiger charge is 2.30. The lowest BCUT2D eigenvalue weighted by atomic mass is 9.86. The number of thioether (sulfide) groups is 1. The van der Waals surface area contributed by atoms with Crippen molar-refractivity contribution >= 4 is 23.4 Å². The van der Waals surface area contributed by atoms with E-state index in [1.807, 2.05) is 12.1 Å². The lowest BCUT2D eigenvalue weighted by molar-refractivity contribution is 0.279. The molecule has 0 radical (unpaired) electrons. The SMILES string of the molecule is CC(C)C(NC1CSCC(C)(C)C1)c1ccc(Cl)cc1. The van der Waals surface area contributed by atoms with E-state index in [0.29, 0.717) is 23.4 Å². The minimum atomic E-state index is 0.409. The van der Waals surface area contributed by atoms with Crippen LogP contribution in [0.15, 0.2) is 24.3 Å². The van der Waals surface area contributed by atoms with Gasteiger partial charge in [0, 0.05) is 22.9 Å². The molecule has 1 fully saturated rings. The highest BCUT2D eigenvalue weighted by molar-refractivity contribution is 7.99. The zero-order chi connectivity index (χ0) is 14.8. The summed E-state index contributed by atoms with van der Waals surface area (Å²) in [7, 11) is 0. The van der Waals surface area contributed by atoms with Crippen molar-refractivity contribution < 1.29 is 0 Å². The van der Waals surface area contributed by atoms with E-state index in [9.17, 15) is 0 Å². The summed E-state index contributed by atoms with van der Waals surface area (Å²) in [4.78, 5) is 0. The summed E-state index contributed by atoms with van der Waals surface area (Å²) in [6, 6.07) is 9.31. The van der Waals surface area contributed by atoms with Crippen molar-refractivity contribution in [3.8, 4) is 0 Å². The summed E-state index contributed by atoms with van der Waals surface area (Å²) < 4.78 is 0. The molecule has 0 saturated carbocycles. The molecule has 2 rings (SSSR count). The van der Waals surface area contributed by atoms with Crippen LogP contribution in [0.1, 0.15) is 45.7 Å². The Balaban J connectivity index is 2.08. The first-order valence-corrected chi connectivity index (χ1v) is 9.00. The quantitative estimate of drug-likeness (QED) is 0.824. The average Bonchev–Trinajstić information content (AvgIpc) is 2.36. The first-order valence-electron chi connectivity index (χ1n) is 7.47. The van der Waals surface area contributed by atoms with Gasteiger partial charge in [-0.3, -0.25) is 0 Å². The molecule has 3 heteroatoms. The van der Waals surface area contributed by atoms with E-state index >= 15 is 0 Å². The van der Waals surface area contributed by atoms with Crippen LogP contribution < -0.4 is 5.32 Å². The van der Waals surface area contributed by atoms with Crippen LogP contribution in [0, 0.1) is 11.3 Å². The third-order valence-corrected chi connectivity index (χ3v) is 5.80. The molecule has 0 amide bonds. The molecule has 20 heavy (non-hydrogen) atoms. The third-order valence-electron chi connectivity index (χ3n) is 3.92. The highest BCUT2D eigenvalue weighted by Crippen LogP contribution is 2.35. The monoisotopic (exact) mass is 311 g/mol. The molecule has 0 aromatic heterocycles. The van der Waals surface area contributed by atoms with E-state index in [1.54, 1.807) is 0 Å². The van der Waals surface area contributed by atoms with Crippen LogP contribution in [0.3, 0.4) is 0 Å². The van der Waals surface area contributed by atoms with Gasteiger partial charge in [0.25, 0.3) is 0 Å². The van der Waals surface area contributed by atoms with Crippen molar-refractivity contribution in [1.82, 2.24) is 5.32 Å².